The van der Waals surface area contributed by atoms with Gasteiger partial charge in [0.15, 0.2) is 0 Å². The number of rotatable bonds is 6. The van der Waals surface area contributed by atoms with E-state index in [0.717, 1.165) is 17.1 Å². The number of carboxylic acid groups (broad SMARTS) is 1. The zero-order valence-electron chi connectivity index (χ0n) is 10.5. The molecule has 0 aromatic heterocycles. The van der Waals surface area contributed by atoms with Crippen molar-refractivity contribution in [3.63, 3.8) is 0 Å². The van der Waals surface area contributed by atoms with Gasteiger partial charge in [-0.3, -0.25) is 0 Å². The fourth-order valence-corrected chi connectivity index (χ4v) is 2.24. The molecule has 1 aromatic rings. The average molecular weight is 253 g/mol. The molecular weight excluding hydrogens is 234 g/mol. The molecule has 0 spiro atoms. The van der Waals surface area contributed by atoms with E-state index in [1.165, 1.54) is 0 Å². The van der Waals surface area contributed by atoms with E-state index in [2.05, 4.69) is 19.2 Å². The van der Waals surface area contributed by atoms with Crippen molar-refractivity contribution in [2.75, 3.05) is 16.8 Å². The van der Waals surface area contributed by atoms with Crippen LogP contribution in [0.5, 0.6) is 0 Å². The number of carboxylic acids is 1. The highest BCUT2D eigenvalue weighted by molar-refractivity contribution is 7.99. The third-order valence-electron chi connectivity index (χ3n) is 2.38. The van der Waals surface area contributed by atoms with Crippen LogP contribution in [-0.4, -0.2) is 28.6 Å². The zero-order chi connectivity index (χ0) is 12.8. The molecule has 0 aliphatic heterocycles. The smallest absolute Gasteiger partial charge is 0.337 e. The number of aryl methyl sites for hydroxylation is 1. The normalized spacial score (nSPS) is 12.2. The van der Waals surface area contributed by atoms with E-state index in [1.54, 1.807) is 6.07 Å². The first kappa shape index (κ1) is 13.9. The van der Waals surface area contributed by atoms with Gasteiger partial charge in [-0.1, -0.05) is 13.0 Å². The van der Waals surface area contributed by atoms with Gasteiger partial charge >= 0.3 is 5.97 Å². The van der Waals surface area contributed by atoms with Crippen molar-refractivity contribution in [2.24, 2.45) is 0 Å². The summed E-state index contributed by atoms with van der Waals surface area (Å²) in [6.45, 7) is 6.14. The molecule has 94 valence electrons. The molecule has 3 nitrogen and oxygen atoms in total. The number of carbonyl (C=O) groups is 1. The van der Waals surface area contributed by atoms with Crippen LogP contribution in [-0.2, 0) is 0 Å². The van der Waals surface area contributed by atoms with Crippen LogP contribution in [0.4, 0.5) is 5.69 Å². The topological polar surface area (TPSA) is 49.3 Å². The predicted molar refractivity (Wildman–Crippen MR) is 74.2 cm³/mol. The fraction of sp³-hybridized carbons (Fsp3) is 0.462. The lowest BCUT2D eigenvalue weighted by Gasteiger charge is -2.16. The summed E-state index contributed by atoms with van der Waals surface area (Å²) in [6.07, 6.45) is 0. The van der Waals surface area contributed by atoms with Gasteiger partial charge in [-0.15, -0.1) is 0 Å². The Morgan fingerprint density at radius 3 is 2.82 bits per heavy atom. The number of hydrogen-bond donors (Lipinski definition) is 2. The van der Waals surface area contributed by atoms with Crippen LogP contribution < -0.4 is 5.32 Å². The van der Waals surface area contributed by atoms with E-state index in [0.29, 0.717) is 11.3 Å². The second-order valence-electron chi connectivity index (χ2n) is 4.06. The molecule has 0 saturated heterocycles. The maximum atomic E-state index is 11.1. The van der Waals surface area contributed by atoms with Gasteiger partial charge < -0.3 is 10.4 Å². The number of hydrogen-bond acceptors (Lipinski definition) is 3. The summed E-state index contributed by atoms with van der Waals surface area (Å²) >= 11 is 1.84. The Morgan fingerprint density at radius 1 is 1.53 bits per heavy atom. The molecule has 0 aliphatic rings. The number of anilines is 1. The van der Waals surface area contributed by atoms with Gasteiger partial charge in [-0.2, -0.15) is 11.8 Å². The summed E-state index contributed by atoms with van der Waals surface area (Å²) in [5.41, 5.74) is 2.11. The molecular formula is C13H19NO2S. The summed E-state index contributed by atoms with van der Waals surface area (Å²) < 4.78 is 0. The molecule has 0 fully saturated rings. The summed E-state index contributed by atoms with van der Waals surface area (Å²) in [5, 5.41) is 12.4. The van der Waals surface area contributed by atoms with Gasteiger partial charge in [0.25, 0.3) is 0 Å². The third kappa shape index (κ3) is 4.30. The molecule has 1 atom stereocenters. The first-order valence-electron chi connectivity index (χ1n) is 5.72. The molecule has 0 aliphatic carbocycles. The Balaban J connectivity index is 2.81. The van der Waals surface area contributed by atoms with Crippen molar-refractivity contribution in [1.29, 1.82) is 0 Å². The Kier molecular flexibility index (Phi) is 5.35. The Labute approximate surface area is 107 Å². The molecule has 4 heteroatoms. The van der Waals surface area contributed by atoms with Crippen molar-refractivity contribution < 1.29 is 9.90 Å². The Morgan fingerprint density at radius 2 is 2.24 bits per heavy atom. The molecule has 0 bridgehead atoms. The van der Waals surface area contributed by atoms with Gasteiger partial charge in [0.05, 0.1) is 5.56 Å². The highest BCUT2D eigenvalue weighted by Gasteiger charge is 2.11. The van der Waals surface area contributed by atoms with E-state index in [1.807, 2.05) is 30.8 Å². The van der Waals surface area contributed by atoms with Crippen molar-refractivity contribution >= 4 is 23.4 Å². The molecule has 1 aromatic carbocycles. The van der Waals surface area contributed by atoms with Gasteiger partial charge in [0, 0.05) is 17.5 Å². The van der Waals surface area contributed by atoms with Crippen molar-refractivity contribution in [3.05, 3.63) is 29.3 Å². The molecule has 0 radical (unpaired) electrons. The van der Waals surface area contributed by atoms with Crippen LogP contribution in [0.3, 0.4) is 0 Å². The standard InChI is InChI=1S/C13H19NO2S/c1-4-17-8-10(3)14-12-7-9(2)5-6-11(12)13(15)16/h5-7,10,14H,4,8H2,1-3H3,(H,15,16). The number of aromatic carboxylic acids is 1. The van der Waals surface area contributed by atoms with Crippen LogP contribution >= 0.6 is 11.8 Å². The number of nitrogens with one attached hydrogen (secondary N) is 1. The molecule has 17 heavy (non-hydrogen) atoms. The van der Waals surface area contributed by atoms with Crippen LogP contribution in [0.2, 0.25) is 0 Å². The van der Waals surface area contributed by atoms with Gasteiger partial charge in [0.2, 0.25) is 0 Å². The van der Waals surface area contributed by atoms with E-state index >= 15 is 0 Å². The summed E-state index contributed by atoms with van der Waals surface area (Å²) in [4.78, 5) is 11.1. The van der Waals surface area contributed by atoms with Gasteiger partial charge in [0.1, 0.15) is 0 Å². The van der Waals surface area contributed by atoms with Gasteiger partial charge in [-0.25, -0.2) is 4.79 Å². The van der Waals surface area contributed by atoms with Crippen LogP contribution in [0, 0.1) is 6.92 Å². The Hall–Kier alpha value is -1.16. The molecule has 0 heterocycles. The quantitative estimate of drug-likeness (QED) is 0.817. The van der Waals surface area contributed by atoms with E-state index < -0.39 is 5.97 Å². The highest BCUT2D eigenvalue weighted by atomic mass is 32.2. The zero-order valence-corrected chi connectivity index (χ0v) is 11.3. The van der Waals surface area contributed by atoms with Crippen LogP contribution in [0.25, 0.3) is 0 Å². The predicted octanol–water partition coefficient (Wildman–Crippen LogP) is 3.25. The Bertz CT molecular complexity index is 393. The molecule has 1 rings (SSSR count). The fourth-order valence-electron chi connectivity index (χ4n) is 1.57. The SMILES string of the molecule is CCSCC(C)Nc1cc(C)ccc1C(=O)O. The minimum absolute atomic E-state index is 0.264. The lowest BCUT2D eigenvalue weighted by atomic mass is 10.1. The molecule has 0 saturated carbocycles. The van der Waals surface area contributed by atoms with Crippen LogP contribution in [0.15, 0.2) is 18.2 Å². The van der Waals surface area contributed by atoms with E-state index in [-0.39, 0.29) is 6.04 Å². The second-order valence-corrected chi connectivity index (χ2v) is 5.38. The first-order valence-corrected chi connectivity index (χ1v) is 6.88. The van der Waals surface area contributed by atoms with E-state index in [4.69, 9.17) is 5.11 Å². The maximum Gasteiger partial charge on any atom is 0.337 e. The number of benzene rings is 1. The largest absolute Gasteiger partial charge is 0.478 e. The highest BCUT2D eigenvalue weighted by Crippen LogP contribution is 2.19. The van der Waals surface area contributed by atoms with Gasteiger partial charge in [-0.05, 0) is 37.3 Å². The number of thioether (sulfide) groups is 1. The minimum atomic E-state index is -0.886. The second kappa shape index (κ2) is 6.55. The molecule has 2 N–H and O–H groups in total. The van der Waals surface area contributed by atoms with Crippen molar-refractivity contribution in [3.8, 4) is 0 Å². The third-order valence-corrected chi connectivity index (χ3v) is 3.52. The summed E-state index contributed by atoms with van der Waals surface area (Å²) in [5.74, 6) is 1.16. The first-order chi connectivity index (χ1) is 8.04. The lowest BCUT2D eigenvalue weighted by Crippen LogP contribution is -2.20. The average Bonchev–Trinajstić information content (AvgIpc) is 2.26. The van der Waals surface area contributed by atoms with Crippen molar-refractivity contribution in [1.82, 2.24) is 0 Å². The molecule has 1 unspecified atom stereocenters. The van der Waals surface area contributed by atoms with Crippen LogP contribution in [0.1, 0.15) is 29.8 Å². The molecule has 0 amide bonds. The monoisotopic (exact) mass is 253 g/mol. The summed E-state index contributed by atoms with van der Waals surface area (Å²) in [7, 11) is 0. The van der Waals surface area contributed by atoms with Crippen molar-refractivity contribution in [2.45, 2.75) is 26.8 Å². The lowest BCUT2D eigenvalue weighted by molar-refractivity contribution is 0.0698. The summed E-state index contributed by atoms with van der Waals surface area (Å²) in [6, 6.07) is 5.62. The maximum absolute atomic E-state index is 11.1. The minimum Gasteiger partial charge on any atom is -0.478 e. The van der Waals surface area contributed by atoms with E-state index in [9.17, 15) is 4.79 Å².